The zero-order valence-electron chi connectivity index (χ0n) is 12.6. The topological polar surface area (TPSA) is 55.6 Å². The van der Waals surface area contributed by atoms with E-state index in [1.165, 1.54) is 20.0 Å². The summed E-state index contributed by atoms with van der Waals surface area (Å²) in [6, 6.07) is 8.49. The second kappa shape index (κ2) is 5.83. The molecule has 0 aromatic heterocycles. The molecule has 2 rings (SSSR count). The fourth-order valence-electron chi connectivity index (χ4n) is 2.50. The maximum Gasteiger partial charge on any atom is 0.312 e. The molecule has 1 aliphatic rings. The van der Waals surface area contributed by atoms with E-state index >= 15 is 0 Å². The van der Waals surface area contributed by atoms with Crippen molar-refractivity contribution in [3.63, 3.8) is 0 Å². The Morgan fingerprint density at radius 3 is 2.60 bits per heavy atom. The minimum Gasteiger partial charge on any atom is -0.469 e. The molecule has 1 saturated carbocycles. The molecule has 0 radical (unpaired) electrons. The summed E-state index contributed by atoms with van der Waals surface area (Å²) >= 11 is 0. The van der Waals surface area contributed by atoms with Gasteiger partial charge in [-0.3, -0.25) is 9.69 Å². The van der Waals surface area contributed by atoms with Crippen LogP contribution in [-0.2, 0) is 16.1 Å². The first-order valence-electron chi connectivity index (χ1n) is 7.10. The van der Waals surface area contributed by atoms with Gasteiger partial charge in [0.05, 0.1) is 12.5 Å². The van der Waals surface area contributed by atoms with Gasteiger partial charge in [-0.25, -0.2) is 0 Å². The molecule has 2 N–H and O–H groups in total. The number of rotatable bonds is 6. The third-order valence-electron chi connectivity index (χ3n) is 3.83. The Labute approximate surface area is 120 Å². The van der Waals surface area contributed by atoms with E-state index in [0.29, 0.717) is 12.6 Å². The quantitative estimate of drug-likeness (QED) is 0.640. The molecule has 4 heteroatoms. The van der Waals surface area contributed by atoms with Gasteiger partial charge in [-0.15, -0.1) is 0 Å². The summed E-state index contributed by atoms with van der Waals surface area (Å²) in [5, 5.41) is 0. The van der Waals surface area contributed by atoms with Gasteiger partial charge in [0.1, 0.15) is 0 Å². The van der Waals surface area contributed by atoms with Crippen molar-refractivity contribution in [3.05, 3.63) is 29.8 Å². The van der Waals surface area contributed by atoms with Gasteiger partial charge in [-0.2, -0.15) is 0 Å². The molecule has 0 unspecified atom stereocenters. The van der Waals surface area contributed by atoms with Gasteiger partial charge >= 0.3 is 5.97 Å². The van der Waals surface area contributed by atoms with Crippen LogP contribution in [0.15, 0.2) is 24.3 Å². The average molecular weight is 276 g/mol. The Morgan fingerprint density at radius 2 is 2.05 bits per heavy atom. The number of ether oxygens (including phenoxy) is 1. The highest BCUT2D eigenvalue weighted by Crippen LogP contribution is 2.32. The van der Waals surface area contributed by atoms with Crippen molar-refractivity contribution in [2.75, 3.05) is 19.4 Å². The summed E-state index contributed by atoms with van der Waals surface area (Å²) in [6.07, 6.45) is 2.40. The maximum atomic E-state index is 11.9. The van der Waals surface area contributed by atoms with Crippen LogP contribution in [0.25, 0.3) is 0 Å². The molecule has 1 aliphatic carbocycles. The fraction of sp³-hybridized carbons (Fsp3) is 0.562. The van der Waals surface area contributed by atoms with Crippen LogP contribution in [0.1, 0.15) is 32.3 Å². The number of carbonyl (C=O) groups is 1. The summed E-state index contributed by atoms with van der Waals surface area (Å²) in [4.78, 5) is 14.2. The van der Waals surface area contributed by atoms with Gasteiger partial charge in [0, 0.05) is 24.8 Å². The zero-order valence-corrected chi connectivity index (χ0v) is 12.6. The van der Waals surface area contributed by atoms with Crippen LogP contribution >= 0.6 is 0 Å². The molecular formula is C16H24N2O2. The van der Waals surface area contributed by atoms with E-state index in [1.807, 2.05) is 32.0 Å². The molecule has 1 aromatic carbocycles. The number of nitrogen functional groups attached to an aromatic ring is 1. The van der Waals surface area contributed by atoms with Crippen LogP contribution < -0.4 is 5.73 Å². The minimum atomic E-state index is -0.499. The van der Waals surface area contributed by atoms with Gasteiger partial charge in [0.25, 0.3) is 0 Å². The first-order chi connectivity index (χ1) is 9.44. The number of hydrogen-bond acceptors (Lipinski definition) is 4. The van der Waals surface area contributed by atoms with Gasteiger partial charge in [0.2, 0.25) is 0 Å². The lowest BCUT2D eigenvalue weighted by molar-refractivity contribution is -0.152. The second-order valence-corrected chi connectivity index (χ2v) is 6.21. The monoisotopic (exact) mass is 276 g/mol. The molecule has 0 amide bonds. The number of nitrogens with two attached hydrogens (primary N) is 1. The Hall–Kier alpha value is -1.55. The highest BCUT2D eigenvalue weighted by atomic mass is 16.5. The van der Waals surface area contributed by atoms with Crippen LogP contribution in [-0.4, -0.2) is 30.6 Å². The number of nitrogens with zero attached hydrogens (tertiary/aromatic N) is 1. The van der Waals surface area contributed by atoms with E-state index in [-0.39, 0.29) is 5.97 Å². The first-order valence-corrected chi connectivity index (χ1v) is 7.10. The van der Waals surface area contributed by atoms with Crippen LogP contribution in [0.3, 0.4) is 0 Å². The van der Waals surface area contributed by atoms with E-state index in [1.54, 1.807) is 0 Å². The van der Waals surface area contributed by atoms with Crippen LogP contribution in [0.5, 0.6) is 0 Å². The molecule has 0 aliphatic heterocycles. The molecule has 4 nitrogen and oxygen atoms in total. The van der Waals surface area contributed by atoms with Crippen molar-refractivity contribution in [2.24, 2.45) is 5.41 Å². The van der Waals surface area contributed by atoms with E-state index in [2.05, 4.69) is 11.0 Å². The number of hydrogen-bond donors (Lipinski definition) is 1. The van der Waals surface area contributed by atoms with Crippen molar-refractivity contribution in [3.8, 4) is 0 Å². The summed E-state index contributed by atoms with van der Waals surface area (Å²) < 4.78 is 4.90. The number of esters is 1. The molecule has 0 heterocycles. The highest BCUT2D eigenvalue weighted by molar-refractivity contribution is 5.76. The van der Waals surface area contributed by atoms with Gasteiger partial charge < -0.3 is 10.5 Å². The molecule has 110 valence electrons. The van der Waals surface area contributed by atoms with Crippen molar-refractivity contribution in [1.29, 1.82) is 0 Å². The number of methoxy groups -OCH3 is 1. The van der Waals surface area contributed by atoms with Gasteiger partial charge in [-0.1, -0.05) is 18.2 Å². The lowest BCUT2D eigenvalue weighted by atomic mass is 9.92. The third kappa shape index (κ3) is 3.51. The number of carbonyl (C=O) groups excluding carboxylic acids is 1. The van der Waals surface area contributed by atoms with E-state index in [0.717, 1.165) is 17.8 Å². The molecule has 0 saturated heterocycles. The smallest absolute Gasteiger partial charge is 0.312 e. The highest BCUT2D eigenvalue weighted by Gasteiger charge is 2.37. The Balaban J connectivity index is 2.09. The molecule has 1 aromatic rings. The number of para-hydroxylation sites is 1. The lowest BCUT2D eigenvalue weighted by Gasteiger charge is -2.31. The summed E-state index contributed by atoms with van der Waals surface area (Å²) in [7, 11) is 1.45. The number of anilines is 1. The molecule has 0 bridgehead atoms. The Bertz CT molecular complexity index is 481. The van der Waals surface area contributed by atoms with Crippen molar-refractivity contribution >= 4 is 11.7 Å². The maximum absolute atomic E-state index is 11.9. The summed E-state index contributed by atoms with van der Waals surface area (Å²) in [5.74, 6) is -0.163. The average Bonchev–Trinajstić information content (AvgIpc) is 3.23. The van der Waals surface area contributed by atoms with Crippen LogP contribution in [0.2, 0.25) is 0 Å². The minimum absolute atomic E-state index is 0.163. The largest absolute Gasteiger partial charge is 0.469 e. The summed E-state index contributed by atoms with van der Waals surface area (Å²) in [6.45, 7) is 5.35. The van der Waals surface area contributed by atoms with Crippen molar-refractivity contribution in [1.82, 2.24) is 4.90 Å². The SMILES string of the molecule is COC(=O)C(C)(C)CN(Cc1ccccc1N)C1CC1. The molecule has 0 spiro atoms. The normalized spacial score (nSPS) is 15.4. The van der Waals surface area contributed by atoms with E-state index < -0.39 is 5.41 Å². The predicted octanol–water partition coefficient (Wildman–Crippen LogP) is 2.43. The van der Waals surface area contributed by atoms with Crippen molar-refractivity contribution < 1.29 is 9.53 Å². The predicted molar refractivity (Wildman–Crippen MR) is 80.1 cm³/mol. The van der Waals surface area contributed by atoms with Gasteiger partial charge in [-0.05, 0) is 38.3 Å². The Morgan fingerprint density at radius 1 is 1.40 bits per heavy atom. The van der Waals surface area contributed by atoms with E-state index in [4.69, 9.17) is 10.5 Å². The van der Waals surface area contributed by atoms with Gasteiger partial charge in [0.15, 0.2) is 0 Å². The molecule has 20 heavy (non-hydrogen) atoms. The molecule has 1 fully saturated rings. The zero-order chi connectivity index (χ0) is 14.8. The molecule has 0 atom stereocenters. The number of benzene rings is 1. The van der Waals surface area contributed by atoms with Crippen LogP contribution in [0.4, 0.5) is 5.69 Å². The fourth-order valence-corrected chi connectivity index (χ4v) is 2.50. The Kier molecular flexibility index (Phi) is 4.33. The van der Waals surface area contributed by atoms with Crippen LogP contribution in [0, 0.1) is 5.41 Å². The lowest BCUT2D eigenvalue weighted by Crippen LogP contribution is -2.40. The molecular weight excluding hydrogens is 252 g/mol. The summed E-state index contributed by atoms with van der Waals surface area (Å²) in [5.41, 5.74) is 7.46. The van der Waals surface area contributed by atoms with Crippen molar-refractivity contribution in [2.45, 2.75) is 39.3 Å². The second-order valence-electron chi connectivity index (χ2n) is 6.21. The first kappa shape index (κ1) is 14.9. The third-order valence-corrected chi connectivity index (χ3v) is 3.83. The van der Waals surface area contributed by atoms with E-state index in [9.17, 15) is 4.79 Å². The standard InChI is InChI=1S/C16H24N2O2/c1-16(2,15(19)20-3)11-18(13-8-9-13)10-12-6-4-5-7-14(12)17/h4-7,13H,8-11,17H2,1-3H3.